The van der Waals surface area contributed by atoms with Crippen LogP contribution in [0.5, 0.6) is 5.75 Å². The lowest BCUT2D eigenvalue weighted by atomic mass is 9.93. The second-order valence-corrected chi connectivity index (χ2v) is 7.92. The van der Waals surface area contributed by atoms with Crippen molar-refractivity contribution in [2.45, 2.75) is 32.9 Å². The van der Waals surface area contributed by atoms with Crippen molar-refractivity contribution in [3.05, 3.63) is 35.1 Å². The second kappa shape index (κ2) is 7.81. The molecule has 0 amide bonds. The number of nitrogens with one attached hydrogen (secondary N) is 2. The van der Waals surface area contributed by atoms with Crippen LogP contribution in [0.2, 0.25) is 5.02 Å². The first-order valence-electron chi connectivity index (χ1n) is 9.01. The number of phenolic OH excluding ortho intramolecular Hbond substituents is 1. The first-order valence-corrected chi connectivity index (χ1v) is 9.39. The first kappa shape index (κ1) is 20.2. The molecule has 150 valence electrons. The molecule has 8 nitrogen and oxygen atoms in total. The van der Waals surface area contributed by atoms with Gasteiger partial charge in [-0.25, -0.2) is 4.98 Å². The molecule has 3 aromatic rings. The average molecular weight is 405 g/mol. The maximum Gasteiger partial charge on any atom is 0.226 e. The molecule has 0 aliphatic carbocycles. The van der Waals surface area contributed by atoms with Crippen LogP contribution in [0.4, 0.5) is 11.8 Å². The zero-order valence-electron chi connectivity index (χ0n) is 16.4. The van der Waals surface area contributed by atoms with Crippen molar-refractivity contribution >= 4 is 34.5 Å². The van der Waals surface area contributed by atoms with Crippen LogP contribution in [-0.2, 0) is 13.6 Å². The predicted octanol–water partition coefficient (Wildman–Crippen LogP) is 3.15. The van der Waals surface area contributed by atoms with Gasteiger partial charge in [-0.05, 0) is 32.0 Å². The molecule has 0 aliphatic heterocycles. The standard InChI is InChI=1S/C19H25ClN6O2/c1-11(19(2,3)28)8-22-18-24-16(15-17(25-18)26(4)10-23-15)21-9-12-7-13(20)5-6-14(12)27/h5-7,10-11,27-28H,8-9H2,1-4H3,(H2,21,22,24,25). The quantitative estimate of drug-likeness (QED) is 0.479. The highest BCUT2D eigenvalue weighted by molar-refractivity contribution is 6.30. The molecule has 9 heteroatoms. The summed E-state index contributed by atoms with van der Waals surface area (Å²) < 4.78 is 1.81. The molecule has 2 heterocycles. The second-order valence-electron chi connectivity index (χ2n) is 7.49. The summed E-state index contributed by atoms with van der Waals surface area (Å²) in [5, 5.41) is 27.1. The summed E-state index contributed by atoms with van der Waals surface area (Å²) in [6.07, 6.45) is 1.67. The average Bonchev–Trinajstić information content (AvgIpc) is 3.00. The van der Waals surface area contributed by atoms with Crippen molar-refractivity contribution in [2.24, 2.45) is 13.0 Å². The Balaban J connectivity index is 1.85. The van der Waals surface area contributed by atoms with Crippen molar-refractivity contribution in [2.75, 3.05) is 17.2 Å². The van der Waals surface area contributed by atoms with Crippen molar-refractivity contribution in [3.63, 3.8) is 0 Å². The van der Waals surface area contributed by atoms with Crippen molar-refractivity contribution in [3.8, 4) is 5.75 Å². The SMILES string of the molecule is CC(CNc1nc(NCc2cc(Cl)ccc2O)c2ncn(C)c2n1)C(C)(C)O. The summed E-state index contributed by atoms with van der Waals surface area (Å²) in [7, 11) is 1.86. The van der Waals surface area contributed by atoms with E-state index in [2.05, 4.69) is 25.6 Å². The van der Waals surface area contributed by atoms with Gasteiger partial charge in [0.25, 0.3) is 0 Å². The maximum atomic E-state index is 10.1. The Kier molecular flexibility index (Phi) is 5.62. The lowest BCUT2D eigenvalue weighted by Gasteiger charge is -2.25. The van der Waals surface area contributed by atoms with Crippen LogP contribution in [0.15, 0.2) is 24.5 Å². The smallest absolute Gasteiger partial charge is 0.226 e. The van der Waals surface area contributed by atoms with Gasteiger partial charge < -0.3 is 25.4 Å². The number of aromatic nitrogens is 4. The highest BCUT2D eigenvalue weighted by atomic mass is 35.5. The minimum atomic E-state index is -0.811. The Morgan fingerprint density at radius 3 is 2.71 bits per heavy atom. The third-order valence-electron chi connectivity index (χ3n) is 4.82. The third kappa shape index (κ3) is 4.45. The van der Waals surface area contributed by atoms with E-state index in [0.29, 0.717) is 46.6 Å². The van der Waals surface area contributed by atoms with Gasteiger partial charge in [0.15, 0.2) is 17.0 Å². The molecule has 3 rings (SSSR count). The van der Waals surface area contributed by atoms with Gasteiger partial charge in [0.2, 0.25) is 5.95 Å². The van der Waals surface area contributed by atoms with E-state index < -0.39 is 5.60 Å². The molecule has 1 unspecified atom stereocenters. The molecule has 0 saturated carbocycles. The van der Waals surface area contributed by atoms with Gasteiger partial charge in [0, 0.05) is 36.6 Å². The van der Waals surface area contributed by atoms with E-state index in [1.165, 1.54) is 0 Å². The van der Waals surface area contributed by atoms with E-state index >= 15 is 0 Å². The Bertz CT molecular complexity index is 982. The van der Waals surface area contributed by atoms with E-state index in [1.807, 2.05) is 18.5 Å². The maximum absolute atomic E-state index is 10.1. The number of rotatable bonds is 7. The molecule has 1 aromatic carbocycles. The molecule has 28 heavy (non-hydrogen) atoms. The number of nitrogens with zero attached hydrogens (tertiary/aromatic N) is 4. The predicted molar refractivity (Wildman–Crippen MR) is 111 cm³/mol. The van der Waals surface area contributed by atoms with Crippen LogP contribution in [0, 0.1) is 5.92 Å². The van der Waals surface area contributed by atoms with Crippen molar-refractivity contribution in [1.29, 1.82) is 0 Å². The summed E-state index contributed by atoms with van der Waals surface area (Å²) >= 11 is 6.02. The Morgan fingerprint density at radius 1 is 1.25 bits per heavy atom. The van der Waals surface area contributed by atoms with E-state index in [4.69, 9.17) is 11.6 Å². The molecule has 4 N–H and O–H groups in total. The highest BCUT2D eigenvalue weighted by Gasteiger charge is 2.22. The molecule has 2 aromatic heterocycles. The lowest BCUT2D eigenvalue weighted by molar-refractivity contribution is 0.0303. The minimum Gasteiger partial charge on any atom is -0.508 e. The number of hydrogen-bond donors (Lipinski definition) is 4. The molecule has 0 bridgehead atoms. The number of aliphatic hydroxyl groups is 1. The number of benzene rings is 1. The molecular formula is C19H25ClN6O2. The van der Waals surface area contributed by atoms with Gasteiger partial charge in [-0.1, -0.05) is 18.5 Å². The first-order chi connectivity index (χ1) is 13.1. The largest absolute Gasteiger partial charge is 0.508 e. The van der Waals surface area contributed by atoms with Gasteiger partial charge in [0.05, 0.1) is 11.9 Å². The van der Waals surface area contributed by atoms with Gasteiger partial charge in [-0.15, -0.1) is 0 Å². The highest BCUT2D eigenvalue weighted by Crippen LogP contribution is 2.25. The van der Waals surface area contributed by atoms with Gasteiger partial charge in [-0.2, -0.15) is 9.97 Å². The fourth-order valence-electron chi connectivity index (χ4n) is 2.58. The number of aromatic hydroxyl groups is 1. The summed E-state index contributed by atoms with van der Waals surface area (Å²) in [4.78, 5) is 13.4. The minimum absolute atomic E-state index is 0.00171. The number of phenols is 1. The zero-order valence-corrected chi connectivity index (χ0v) is 17.1. The molecule has 0 radical (unpaired) electrons. The van der Waals surface area contributed by atoms with Gasteiger partial charge >= 0.3 is 0 Å². The lowest BCUT2D eigenvalue weighted by Crippen LogP contribution is -2.33. The zero-order chi connectivity index (χ0) is 20.5. The molecule has 0 aliphatic rings. The molecule has 0 spiro atoms. The molecule has 0 saturated heterocycles. The Hall–Kier alpha value is -2.58. The number of aryl methyl sites for hydroxylation is 1. The summed E-state index contributed by atoms with van der Waals surface area (Å²) in [6.45, 7) is 6.34. The van der Waals surface area contributed by atoms with Crippen LogP contribution >= 0.6 is 11.6 Å². The number of halogens is 1. The number of imidazole rings is 1. The monoisotopic (exact) mass is 404 g/mol. The van der Waals surface area contributed by atoms with Crippen molar-refractivity contribution in [1.82, 2.24) is 19.5 Å². The summed E-state index contributed by atoms with van der Waals surface area (Å²) in [6, 6.07) is 4.89. The number of hydrogen-bond acceptors (Lipinski definition) is 7. The molecular weight excluding hydrogens is 380 g/mol. The van der Waals surface area contributed by atoms with E-state index in [1.54, 1.807) is 38.4 Å². The van der Waals surface area contributed by atoms with Crippen molar-refractivity contribution < 1.29 is 10.2 Å². The third-order valence-corrected chi connectivity index (χ3v) is 5.06. The van der Waals surface area contributed by atoms with Gasteiger partial charge in [0.1, 0.15) is 5.75 Å². The van der Waals surface area contributed by atoms with E-state index in [0.717, 1.165) is 0 Å². The van der Waals surface area contributed by atoms with Crippen LogP contribution in [0.25, 0.3) is 11.2 Å². The number of fused-ring (bicyclic) bond motifs is 1. The summed E-state index contributed by atoms with van der Waals surface area (Å²) in [5.41, 5.74) is 1.14. The van der Waals surface area contributed by atoms with Crippen LogP contribution in [-0.4, -0.2) is 41.9 Å². The number of anilines is 2. The fraction of sp³-hybridized carbons (Fsp3) is 0.421. The molecule has 0 fully saturated rings. The van der Waals surface area contributed by atoms with Crippen LogP contribution in [0.1, 0.15) is 26.3 Å². The molecule has 1 atom stereocenters. The van der Waals surface area contributed by atoms with E-state index in [9.17, 15) is 10.2 Å². The van der Waals surface area contributed by atoms with Crippen LogP contribution < -0.4 is 10.6 Å². The topological polar surface area (TPSA) is 108 Å². The fourth-order valence-corrected chi connectivity index (χ4v) is 2.77. The normalized spacial score (nSPS) is 12.9. The summed E-state index contributed by atoms with van der Waals surface area (Å²) in [5.74, 6) is 1.13. The Labute approximate surface area is 168 Å². The van der Waals surface area contributed by atoms with Crippen LogP contribution in [0.3, 0.4) is 0 Å². The van der Waals surface area contributed by atoms with Gasteiger partial charge in [-0.3, -0.25) is 0 Å². The Morgan fingerprint density at radius 2 is 2.00 bits per heavy atom. The van der Waals surface area contributed by atoms with E-state index in [-0.39, 0.29) is 11.7 Å².